The van der Waals surface area contributed by atoms with Crippen molar-refractivity contribution in [1.29, 1.82) is 0 Å². The summed E-state index contributed by atoms with van der Waals surface area (Å²) in [6.45, 7) is 5.11. The molecule has 0 heterocycles. The van der Waals surface area contributed by atoms with Gasteiger partial charge in [-0.25, -0.2) is 8.42 Å². The number of anilines is 1. The number of rotatable bonds is 7. The molecule has 1 N–H and O–H groups in total. The molecule has 3 aromatic carbocycles. The van der Waals surface area contributed by atoms with E-state index in [4.69, 9.17) is 11.6 Å². The lowest BCUT2D eigenvalue weighted by molar-refractivity contribution is -0.120. The van der Waals surface area contributed by atoms with Crippen molar-refractivity contribution in [2.45, 2.75) is 31.7 Å². The molecule has 3 rings (SSSR count). The zero-order valence-electron chi connectivity index (χ0n) is 17.7. The van der Waals surface area contributed by atoms with Gasteiger partial charge in [0, 0.05) is 5.02 Å². The largest absolute Gasteiger partial charge is 0.348 e. The van der Waals surface area contributed by atoms with Crippen LogP contribution in [0.15, 0.2) is 77.7 Å². The minimum absolute atomic E-state index is 0.112. The van der Waals surface area contributed by atoms with Gasteiger partial charge in [0.25, 0.3) is 10.0 Å². The summed E-state index contributed by atoms with van der Waals surface area (Å²) in [6.07, 6.45) is 0. The molecule has 0 aliphatic heterocycles. The summed E-state index contributed by atoms with van der Waals surface area (Å²) in [4.78, 5) is 13.0. The molecule has 0 saturated carbocycles. The summed E-state index contributed by atoms with van der Waals surface area (Å²) in [6, 6.07) is 20.8. The van der Waals surface area contributed by atoms with E-state index in [1.54, 1.807) is 49.4 Å². The fraction of sp³-hybridized carbons (Fsp3) is 0.208. The number of sulfonamides is 1. The van der Waals surface area contributed by atoms with E-state index >= 15 is 0 Å². The van der Waals surface area contributed by atoms with Crippen molar-refractivity contribution in [3.05, 3.63) is 94.5 Å². The number of carbonyl (C=O) groups is 1. The van der Waals surface area contributed by atoms with Crippen LogP contribution in [-0.4, -0.2) is 20.9 Å². The fourth-order valence-electron chi connectivity index (χ4n) is 3.25. The fourth-order valence-corrected chi connectivity index (χ4v) is 4.89. The van der Waals surface area contributed by atoms with E-state index in [1.165, 1.54) is 0 Å². The van der Waals surface area contributed by atoms with Gasteiger partial charge in [-0.05, 0) is 56.2 Å². The topological polar surface area (TPSA) is 66.5 Å². The number of nitrogens with zero attached hydrogens (tertiary/aromatic N) is 1. The average Bonchev–Trinajstić information content (AvgIpc) is 2.75. The summed E-state index contributed by atoms with van der Waals surface area (Å²) in [5.41, 5.74) is 2.83. The first-order chi connectivity index (χ1) is 14.7. The molecule has 3 aromatic rings. The Labute approximate surface area is 188 Å². The molecular weight excluding hydrogens is 432 g/mol. The smallest absolute Gasteiger partial charge is 0.264 e. The minimum atomic E-state index is -3.99. The number of halogens is 1. The van der Waals surface area contributed by atoms with Crippen molar-refractivity contribution < 1.29 is 13.2 Å². The molecule has 0 aliphatic rings. The molecule has 0 bridgehead atoms. The molecule has 1 atom stereocenters. The Morgan fingerprint density at radius 3 is 2.26 bits per heavy atom. The lowest BCUT2D eigenvalue weighted by Gasteiger charge is -2.27. The van der Waals surface area contributed by atoms with Crippen LogP contribution in [0.25, 0.3) is 0 Å². The van der Waals surface area contributed by atoms with E-state index in [0.717, 1.165) is 15.4 Å². The number of carbonyl (C=O) groups excluding carboxylic acids is 1. The number of hydrogen-bond acceptors (Lipinski definition) is 3. The van der Waals surface area contributed by atoms with Gasteiger partial charge in [0.1, 0.15) is 6.54 Å². The van der Waals surface area contributed by atoms with Gasteiger partial charge in [-0.1, -0.05) is 65.7 Å². The van der Waals surface area contributed by atoms with Crippen LogP contribution in [0.1, 0.15) is 29.7 Å². The highest BCUT2D eigenvalue weighted by Gasteiger charge is 2.29. The maximum atomic E-state index is 13.5. The van der Waals surface area contributed by atoms with Crippen molar-refractivity contribution in [3.8, 4) is 0 Å². The summed E-state index contributed by atoms with van der Waals surface area (Å²) in [5.74, 6) is -0.411. The van der Waals surface area contributed by atoms with E-state index in [2.05, 4.69) is 5.32 Å². The number of aryl methyl sites for hydroxylation is 1. The Bertz CT molecular complexity index is 1160. The molecule has 1 amide bonds. The quantitative estimate of drug-likeness (QED) is 0.542. The number of amides is 1. The molecule has 7 heteroatoms. The second kappa shape index (κ2) is 9.54. The molecular formula is C24H25ClN2O3S. The molecule has 0 aliphatic carbocycles. The van der Waals surface area contributed by atoms with Gasteiger partial charge in [0.05, 0.1) is 16.6 Å². The summed E-state index contributed by atoms with van der Waals surface area (Å²) >= 11 is 6.25. The Hall–Kier alpha value is -2.83. The molecule has 0 aromatic heterocycles. The second-order valence-corrected chi connectivity index (χ2v) is 9.68. The third-order valence-corrected chi connectivity index (χ3v) is 7.26. The monoisotopic (exact) mass is 456 g/mol. The van der Waals surface area contributed by atoms with Gasteiger partial charge in [0.2, 0.25) is 5.91 Å². The van der Waals surface area contributed by atoms with Crippen molar-refractivity contribution in [2.24, 2.45) is 0 Å². The molecule has 0 unspecified atom stereocenters. The zero-order valence-corrected chi connectivity index (χ0v) is 19.2. The normalized spacial score (nSPS) is 12.3. The molecule has 31 heavy (non-hydrogen) atoms. The third-order valence-electron chi connectivity index (χ3n) is 5.08. The molecule has 0 spiro atoms. The van der Waals surface area contributed by atoms with Crippen LogP contribution in [0.2, 0.25) is 5.02 Å². The zero-order chi connectivity index (χ0) is 22.6. The Balaban J connectivity index is 1.95. The maximum Gasteiger partial charge on any atom is 0.264 e. The SMILES string of the molecule is Cc1ccc(S(=O)(=O)N(CC(=O)N[C@@H](C)c2ccccc2)c2cccc(Cl)c2C)cc1. The first-order valence-electron chi connectivity index (χ1n) is 9.89. The van der Waals surface area contributed by atoms with Crippen molar-refractivity contribution >= 4 is 33.2 Å². The van der Waals surface area contributed by atoms with Crippen LogP contribution in [0.4, 0.5) is 5.69 Å². The summed E-state index contributed by atoms with van der Waals surface area (Å²) < 4.78 is 28.1. The highest BCUT2D eigenvalue weighted by molar-refractivity contribution is 7.92. The summed E-state index contributed by atoms with van der Waals surface area (Å²) in [5, 5.41) is 3.32. The predicted molar refractivity (Wildman–Crippen MR) is 125 cm³/mol. The molecule has 162 valence electrons. The van der Waals surface area contributed by atoms with Crippen LogP contribution >= 0.6 is 11.6 Å². The van der Waals surface area contributed by atoms with Crippen molar-refractivity contribution in [3.63, 3.8) is 0 Å². The van der Waals surface area contributed by atoms with Gasteiger partial charge in [-0.3, -0.25) is 9.10 Å². The highest BCUT2D eigenvalue weighted by Crippen LogP contribution is 2.31. The molecule has 0 fully saturated rings. The lowest BCUT2D eigenvalue weighted by atomic mass is 10.1. The van der Waals surface area contributed by atoms with Crippen LogP contribution in [-0.2, 0) is 14.8 Å². The third kappa shape index (κ3) is 5.27. The van der Waals surface area contributed by atoms with Crippen LogP contribution in [0.3, 0.4) is 0 Å². The van der Waals surface area contributed by atoms with E-state index in [-0.39, 0.29) is 17.5 Å². The van der Waals surface area contributed by atoms with Gasteiger partial charge < -0.3 is 5.32 Å². The van der Waals surface area contributed by atoms with Crippen molar-refractivity contribution in [1.82, 2.24) is 5.32 Å². The van der Waals surface area contributed by atoms with E-state index in [0.29, 0.717) is 16.3 Å². The van der Waals surface area contributed by atoms with Gasteiger partial charge >= 0.3 is 0 Å². The number of benzene rings is 3. The second-order valence-electron chi connectivity index (χ2n) is 7.41. The Morgan fingerprint density at radius 2 is 1.61 bits per heavy atom. The van der Waals surface area contributed by atoms with Crippen LogP contribution in [0, 0.1) is 13.8 Å². The molecule has 0 saturated heterocycles. The van der Waals surface area contributed by atoms with Crippen molar-refractivity contribution in [2.75, 3.05) is 10.8 Å². The van der Waals surface area contributed by atoms with E-state index < -0.39 is 15.9 Å². The first-order valence-corrected chi connectivity index (χ1v) is 11.7. The average molecular weight is 457 g/mol. The van der Waals surface area contributed by atoms with Gasteiger partial charge in [0.15, 0.2) is 0 Å². The maximum absolute atomic E-state index is 13.5. The Kier molecular flexibility index (Phi) is 7.03. The van der Waals surface area contributed by atoms with E-state index in [1.807, 2.05) is 44.2 Å². The lowest BCUT2D eigenvalue weighted by Crippen LogP contribution is -2.42. The van der Waals surface area contributed by atoms with E-state index in [9.17, 15) is 13.2 Å². The van der Waals surface area contributed by atoms with Crippen LogP contribution < -0.4 is 9.62 Å². The van der Waals surface area contributed by atoms with Gasteiger partial charge in [-0.2, -0.15) is 0 Å². The van der Waals surface area contributed by atoms with Gasteiger partial charge in [-0.15, -0.1) is 0 Å². The minimum Gasteiger partial charge on any atom is -0.348 e. The highest BCUT2D eigenvalue weighted by atomic mass is 35.5. The molecule has 0 radical (unpaired) electrons. The standard InChI is InChI=1S/C24H25ClN2O3S/c1-17-12-14-21(15-13-17)31(29,30)27(23-11-7-10-22(25)18(23)2)16-24(28)26-19(3)20-8-5-4-6-9-20/h4-15,19H,16H2,1-3H3,(H,26,28)/t19-/m0/s1. The first kappa shape index (κ1) is 22.8. The number of nitrogens with one attached hydrogen (secondary N) is 1. The molecule has 5 nitrogen and oxygen atoms in total. The Morgan fingerprint density at radius 1 is 0.968 bits per heavy atom. The predicted octanol–water partition coefficient (Wildman–Crippen LogP) is 5.03. The summed E-state index contributed by atoms with van der Waals surface area (Å²) in [7, 11) is -3.99. The van der Waals surface area contributed by atoms with Crippen LogP contribution in [0.5, 0.6) is 0 Å². The number of hydrogen-bond donors (Lipinski definition) is 1.